The standard InChI is InChI=1S/C17H22ClNO3/c1-3-7-19(8-4-2)16(20)6-5-13-11-14(18)17-15(12-13)21-9-10-22-17/h5-6,11-12H,3-4,7-10H2,1-2H3. The largest absolute Gasteiger partial charge is 0.486 e. The molecule has 0 bridgehead atoms. The van der Waals surface area contributed by atoms with E-state index in [9.17, 15) is 4.79 Å². The molecular formula is C17H22ClNO3. The molecule has 1 amide bonds. The monoisotopic (exact) mass is 323 g/mol. The number of nitrogens with zero attached hydrogens (tertiary/aromatic N) is 1. The molecule has 1 aromatic rings. The molecule has 1 aliphatic rings. The van der Waals surface area contributed by atoms with E-state index in [1.807, 2.05) is 11.0 Å². The molecule has 0 saturated carbocycles. The van der Waals surface area contributed by atoms with Gasteiger partial charge < -0.3 is 14.4 Å². The van der Waals surface area contributed by atoms with Crippen LogP contribution in [0.5, 0.6) is 11.5 Å². The molecular weight excluding hydrogens is 302 g/mol. The smallest absolute Gasteiger partial charge is 0.246 e. The fourth-order valence-corrected chi connectivity index (χ4v) is 2.65. The lowest BCUT2D eigenvalue weighted by Gasteiger charge is -2.20. The molecule has 2 rings (SSSR count). The van der Waals surface area contributed by atoms with Crippen molar-refractivity contribution in [2.75, 3.05) is 26.3 Å². The number of hydrogen-bond acceptors (Lipinski definition) is 3. The van der Waals surface area contributed by atoms with E-state index >= 15 is 0 Å². The number of halogens is 1. The molecule has 120 valence electrons. The van der Waals surface area contributed by atoms with Crippen LogP contribution in [0.3, 0.4) is 0 Å². The molecule has 0 unspecified atom stereocenters. The van der Waals surface area contributed by atoms with Crippen molar-refractivity contribution in [1.29, 1.82) is 0 Å². The summed E-state index contributed by atoms with van der Waals surface area (Å²) in [4.78, 5) is 14.1. The summed E-state index contributed by atoms with van der Waals surface area (Å²) >= 11 is 6.19. The van der Waals surface area contributed by atoms with E-state index in [0.717, 1.165) is 31.5 Å². The molecule has 0 fully saturated rings. The Morgan fingerprint density at radius 1 is 1.23 bits per heavy atom. The highest BCUT2D eigenvalue weighted by atomic mass is 35.5. The molecule has 0 atom stereocenters. The number of hydrogen-bond donors (Lipinski definition) is 0. The molecule has 1 aliphatic heterocycles. The summed E-state index contributed by atoms with van der Waals surface area (Å²) in [6.45, 7) is 6.71. The third-order valence-corrected chi connectivity index (χ3v) is 3.62. The van der Waals surface area contributed by atoms with Gasteiger partial charge in [-0.05, 0) is 36.6 Å². The van der Waals surface area contributed by atoms with E-state index in [1.54, 1.807) is 18.2 Å². The minimum Gasteiger partial charge on any atom is -0.486 e. The summed E-state index contributed by atoms with van der Waals surface area (Å²) < 4.78 is 11.0. The first-order chi connectivity index (χ1) is 10.7. The quantitative estimate of drug-likeness (QED) is 0.748. The number of amides is 1. The van der Waals surface area contributed by atoms with E-state index in [-0.39, 0.29) is 5.91 Å². The molecule has 1 heterocycles. The second kappa shape index (κ2) is 8.08. The lowest BCUT2D eigenvalue weighted by molar-refractivity contribution is -0.126. The second-order valence-corrected chi connectivity index (χ2v) is 5.59. The lowest BCUT2D eigenvalue weighted by Crippen LogP contribution is -2.30. The minimum absolute atomic E-state index is 0.0229. The molecule has 0 radical (unpaired) electrons. The summed E-state index contributed by atoms with van der Waals surface area (Å²) in [6.07, 6.45) is 5.27. The Hall–Kier alpha value is -1.68. The third-order valence-electron chi connectivity index (χ3n) is 3.34. The first-order valence-corrected chi connectivity index (χ1v) is 8.09. The Balaban J connectivity index is 2.12. The van der Waals surface area contributed by atoms with Crippen LogP contribution in [-0.4, -0.2) is 37.1 Å². The Kier molecular flexibility index (Phi) is 6.13. The first-order valence-electron chi connectivity index (χ1n) is 7.71. The summed E-state index contributed by atoms with van der Waals surface area (Å²) in [5, 5.41) is 0.503. The predicted molar refractivity (Wildman–Crippen MR) is 88.6 cm³/mol. The van der Waals surface area contributed by atoms with Crippen molar-refractivity contribution < 1.29 is 14.3 Å². The van der Waals surface area contributed by atoms with Crippen molar-refractivity contribution in [3.05, 3.63) is 28.8 Å². The van der Waals surface area contributed by atoms with Gasteiger partial charge in [0.2, 0.25) is 5.91 Å². The number of fused-ring (bicyclic) bond motifs is 1. The summed E-state index contributed by atoms with van der Waals surface area (Å²) in [6, 6.07) is 3.62. The fraction of sp³-hybridized carbons (Fsp3) is 0.471. The van der Waals surface area contributed by atoms with Gasteiger partial charge in [-0.15, -0.1) is 0 Å². The van der Waals surface area contributed by atoms with Crippen molar-refractivity contribution in [3.8, 4) is 11.5 Å². The van der Waals surface area contributed by atoms with Gasteiger partial charge in [0, 0.05) is 19.2 Å². The Morgan fingerprint density at radius 3 is 2.59 bits per heavy atom. The normalized spacial score (nSPS) is 13.4. The maximum absolute atomic E-state index is 12.2. The van der Waals surface area contributed by atoms with Crippen molar-refractivity contribution >= 4 is 23.6 Å². The summed E-state index contributed by atoms with van der Waals surface area (Å²) in [7, 11) is 0. The van der Waals surface area contributed by atoms with E-state index < -0.39 is 0 Å². The van der Waals surface area contributed by atoms with Crippen molar-refractivity contribution in [2.24, 2.45) is 0 Å². The molecule has 0 spiro atoms. The van der Waals surface area contributed by atoms with E-state index in [2.05, 4.69) is 13.8 Å². The number of benzene rings is 1. The predicted octanol–water partition coefficient (Wildman–Crippen LogP) is 3.77. The second-order valence-electron chi connectivity index (χ2n) is 5.19. The molecule has 0 N–H and O–H groups in total. The molecule has 4 nitrogen and oxygen atoms in total. The van der Waals surface area contributed by atoms with Crippen LogP contribution in [0.2, 0.25) is 5.02 Å². The third kappa shape index (κ3) is 4.17. The van der Waals surface area contributed by atoms with Gasteiger partial charge in [-0.2, -0.15) is 0 Å². The highest BCUT2D eigenvalue weighted by Gasteiger charge is 2.16. The number of carbonyl (C=O) groups is 1. The van der Waals surface area contributed by atoms with E-state index in [1.165, 1.54) is 0 Å². The highest BCUT2D eigenvalue weighted by molar-refractivity contribution is 6.32. The SMILES string of the molecule is CCCN(CCC)C(=O)C=Cc1cc(Cl)c2c(c1)OCCO2. The van der Waals surface area contributed by atoms with Crippen LogP contribution in [0, 0.1) is 0 Å². The molecule has 5 heteroatoms. The maximum atomic E-state index is 12.2. The Morgan fingerprint density at radius 2 is 1.91 bits per heavy atom. The Bertz CT molecular complexity index is 551. The van der Waals surface area contributed by atoms with Crippen LogP contribution in [0.4, 0.5) is 0 Å². The molecule has 1 aromatic carbocycles. The number of carbonyl (C=O) groups excluding carboxylic acids is 1. The fourth-order valence-electron chi connectivity index (χ4n) is 2.37. The van der Waals surface area contributed by atoms with Crippen LogP contribution >= 0.6 is 11.6 Å². The van der Waals surface area contributed by atoms with Gasteiger partial charge in [-0.1, -0.05) is 25.4 Å². The zero-order valence-corrected chi connectivity index (χ0v) is 13.9. The molecule has 0 aromatic heterocycles. The summed E-state index contributed by atoms with van der Waals surface area (Å²) in [5.74, 6) is 1.23. The van der Waals surface area contributed by atoms with Gasteiger partial charge in [-0.25, -0.2) is 0 Å². The summed E-state index contributed by atoms with van der Waals surface area (Å²) in [5.41, 5.74) is 0.829. The van der Waals surface area contributed by atoms with Crippen molar-refractivity contribution in [3.63, 3.8) is 0 Å². The zero-order chi connectivity index (χ0) is 15.9. The van der Waals surface area contributed by atoms with E-state index in [4.69, 9.17) is 21.1 Å². The van der Waals surface area contributed by atoms with Crippen LogP contribution in [0.25, 0.3) is 6.08 Å². The van der Waals surface area contributed by atoms with Crippen LogP contribution < -0.4 is 9.47 Å². The van der Waals surface area contributed by atoms with Gasteiger partial charge in [0.15, 0.2) is 11.5 Å². The van der Waals surface area contributed by atoms with Crippen molar-refractivity contribution in [1.82, 2.24) is 4.90 Å². The van der Waals surface area contributed by atoms with Gasteiger partial charge in [-0.3, -0.25) is 4.79 Å². The molecule has 0 aliphatic carbocycles. The zero-order valence-electron chi connectivity index (χ0n) is 13.1. The van der Waals surface area contributed by atoms with Gasteiger partial charge in [0.1, 0.15) is 13.2 Å². The van der Waals surface area contributed by atoms with Crippen LogP contribution in [0.15, 0.2) is 18.2 Å². The number of rotatable bonds is 6. The maximum Gasteiger partial charge on any atom is 0.246 e. The topological polar surface area (TPSA) is 38.8 Å². The van der Waals surface area contributed by atoms with Crippen LogP contribution in [0.1, 0.15) is 32.3 Å². The van der Waals surface area contributed by atoms with Gasteiger partial charge >= 0.3 is 0 Å². The molecule has 22 heavy (non-hydrogen) atoms. The molecule has 0 saturated heterocycles. The highest BCUT2D eigenvalue weighted by Crippen LogP contribution is 2.38. The average Bonchev–Trinajstić information content (AvgIpc) is 2.52. The van der Waals surface area contributed by atoms with Gasteiger partial charge in [0.05, 0.1) is 5.02 Å². The van der Waals surface area contributed by atoms with Gasteiger partial charge in [0.25, 0.3) is 0 Å². The number of ether oxygens (including phenoxy) is 2. The average molecular weight is 324 g/mol. The van der Waals surface area contributed by atoms with Crippen molar-refractivity contribution in [2.45, 2.75) is 26.7 Å². The Labute approximate surface area is 136 Å². The minimum atomic E-state index is 0.0229. The first kappa shape index (κ1) is 16.7. The van der Waals surface area contributed by atoms with E-state index in [0.29, 0.717) is 29.7 Å². The lowest BCUT2D eigenvalue weighted by atomic mass is 10.1. The van der Waals surface area contributed by atoms with Crippen LogP contribution in [-0.2, 0) is 4.79 Å².